The second-order valence-electron chi connectivity index (χ2n) is 6.62. The lowest BCUT2D eigenvalue weighted by Gasteiger charge is -2.22. The predicted molar refractivity (Wildman–Crippen MR) is 104 cm³/mol. The highest BCUT2D eigenvalue weighted by atomic mass is 35.5. The zero-order chi connectivity index (χ0) is 18.8. The second kappa shape index (κ2) is 7.40. The lowest BCUT2D eigenvalue weighted by Crippen LogP contribution is -2.34. The maximum Gasteiger partial charge on any atom is 0.322 e. The molecule has 0 saturated carbocycles. The van der Waals surface area contributed by atoms with E-state index in [1.54, 1.807) is 17.0 Å². The van der Waals surface area contributed by atoms with Crippen LogP contribution in [0.3, 0.4) is 0 Å². The van der Waals surface area contributed by atoms with E-state index >= 15 is 0 Å². The van der Waals surface area contributed by atoms with E-state index < -0.39 is 0 Å². The smallest absolute Gasteiger partial charge is 0.322 e. The van der Waals surface area contributed by atoms with E-state index in [1.807, 2.05) is 43.3 Å². The van der Waals surface area contributed by atoms with E-state index in [2.05, 4.69) is 15.5 Å². The number of rotatable bonds is 3. The summed E-state index contributed by atoms with van der Waals surface area (Å²) in [6, 6.07) is 14.6. The Bertz CT molecular complexity index is 972. The van der Waals surface area contributed by atoms with Gasteiger partial charge in [-0.2, -0.15) is 4.98 Å². The van der Waals surface area contributed by atoms with Gasteiger partial charge in [0.25, 0.3) is 0 Å². The van der Waals surface area contributed by atoms with Gasteiger partial charge >= 0.3 is 6.03 Å². The topological polar surface area (TPSA) is 71.3 Å². The van der Waals surface area contributed by atoms with Crippen molar-refractivity contribution in [3.05, 3.63) is 65.0 Å². The molecule has 1 fully saturated rings. The molecule has 7 heteroatoms. The lowest BCUT2D eigenvalue weighted by molar-refractivity contribution is 0.193. The highest BCUT2D eigenvalue weighted by Crippen LogP contribution is 2.32. The number of urea groups is 1. The highest BCUT2D eigenvalue weighted by molar-refractivity contribution is 6.30. The lowest BCUT2D eigenvalue weighted by atomic mass is 10.2. The molecule has 2 heterocycles. The Labute approximate surface area is 162 Å². The van der Waals surface area contributed by atoms with Crippen LogP contribution < -0.4 is 5.32 Å². The molecule has 1 saturated heterocycles. The molecule has 0 radical (unpaired) electrons. The summed E-state index contributed by atoms with van der Waals surface area (Å²) in [6.07, 6.45) is 1.68. The SMILES string of the molecule is Cc1cccc(NC(=O)N2CCC[C@H]2c2nc(-c3cccc(Cl)c3)no2)c1. The van der Waals surface area contributed by atoms with Gasteiger partial charge < -0.3 is 14.7 Å². The number of likely N-dealkylation sites (tertiary alicyclic amines) is 1. The molecule has 6 nitrogen and oxygen atoms in total. The van der Waals surface area contributed by atoms with Gasteiger partial charge in [0.1, 0.15) is 6.04 Å². The molecule has 138 valence electrons. The van der Waals surface area contributed by atoms with Crippen LogP contribution >= 0.6 is 11.6 Å². The number of amides is 2. The first kappa shape index (κ1) is 17.5. The van der Waals surface area contributed by atoms with Crippen LogP contribution in [-0.2, 0) is 0 Å². The van der Waals surface area contributed by atoms with Gasteiger partial charge in [-0.25, -0.2) is 4.79 Å². The summed E-state index contributed by atoms with van der Waals surface area (Å²) in [4.78, 5) is 19.0. The summed E-state index contributed by atoms with van der Waals surface area (Å²) in [5.41, 5.74) is 2.65. The Kier molecular flexibility index (Phi) is 4.81. The number of aromatic nitrogens is 2. The summed E-state index contributed by atoms with van der Waals surface area (Å²) in [7, 11) is 0. The summed E-state index contributed by atoms with van der Waals surface area (Å²) in [6.45, 7) is 2.64. The molecular weight excluding hydrogens is 364 g/mol. The second-order valence-corrected chi connectivity index (χ2v) is 7.05. The number of benzene rings is 2. The third-order valence-corrected chi connectivity index (χ3v) is 4.83. The number of anilines is 1. The van der Waals surface area contributed by atoms with Crippen LogP contribution in [0.15, 0.2) is 53.1 Å². The largest absolute Gasteiger partial charge is 0.337 e. The molecule has 1 atom stereocenters. The third kappa shape index (κ3) is 3.80. The Morgan fingerprint density at radius 2 is 2.11 bits per heavy atom. The van der Waals surface area contributed by atoms with Crippen LogP contribution in [0, 0.1) is 6.92 Å². The first-order valence-corrected chi connectivity index (χ1v) is 9.22. The van der Waals surface area contributed by atoms with Gasteiger partial charge in [0.05, 0.1) is 0 Å². The first-order chi connectivity index (χ1) is 13.1. The van der Waals surface area contributed by atoms with Crippen LogP contribution in [0.5, 0.6) is 0 Å². The number of carbonyl (C=O) groups excluding carboxylic acids is 1. The molecule has 1 aliphatic heterocycles. The standard InChI is InChI=1S/C20H19ClN4O2/c1-13-5-2-8-16(11-13)22-20(26)25-10-4-9-17(25)19-23-18(24-27-19)14-6-3-7-15(21)12-14/h2-3,5-8,11-12,17H,4,9-10H2,1H3,(H,22,26)/t17-/m0/s1. The number of hydrogen-bond acceptors (Lipinski definition) is 4. The third-order valence-electron chi connectivity index (χ3n) is 4.59. The van der Waals surface area contributed by atoms with Gasteiger partial charge in [-0.05, 0) is 49.6 Å². The van der Waals surface area contributed by atoms with Crippen LogP contribution in [0.25, 0.3) is 11.4 Å². The fourth-order valence-corrected chi connectivity index (χ4v) is 3.49. The van der Waals surface area contributed by atoms with Crippen molar-refractivity contribution in [1.82, 2.24) is 15.0 Å². The molecule has 0 unspecified atom stereocenters. The van der Waals surface area contributed by atoms with E-state index in [0.717, 1.165) is 29.7 Å². The Morgan fingerprint density at radius 3 is 2.93 bits per heavy atom. The van der Waals surface area contributed by atoms with E-state index in [1.165, 1.54) is 0 Å². The fraction of sp³-hybridized carbons (Fsp3) is 0.250. The van der Waals surface area contributed by atoms with Gasteiger partial charge in [-0.1, -0.05) is 41.0 Å². The van der Waals surface area contributed by atoms with Crippen molar-refractivity contribution in [1.29, 1.82) is 0 Å². The van der Waals surface area contributed by atoms with Crippen molar-refractivity contribution in [2.45, 2.75) is 25.8 Å². The number of aryl methyl sites for hydroxylation is 1. The predicted octanol–water partition coefficient (Wildman–Crippen LogP) is 5.07. The van der Waals surface area contributed by atoms with Gasteiger partial charge in [0.15, 0.2) is 0 Å². The van der Waals surface area contributed by atoms with Crippen LogP contribution in [0.2, 0.25) is 5.02 Å². The molecule has 0 spiro atoms. The summed E-state index contributed by atoms with van der Waals surface area (Å²) < 4.78 is 5.47. The Morgan fingerprint density at radius 1 is 1.26 bits per heavy atom. The van der Waals surface area contributed by atoms with Crippen LogP contribution in [0.1, 0.15) is 30.3 Å². The molecular formula is C20H19ClN4O2. The molecule has 1 N–H and O–H groups in total. The maximum atomic E-state index is 12.7. The minimum atomic E-state index is -0.227. The average Bonchev–Trinajstić information content (AvgIpc) is 3.31. The minimum absolute atomic E-state index is 0.161. The monoisotopic (exact) mass is 382 g/mol. The number of carbonyl (C=O) groups is 1. The number of nitrogens with one attached hydrogen (secondary N) is 1. The Hall–Kier alpha value is -2.86. The summed E-state index contributed by atoms with van der Waals surface area (Å²) in [5, 5.41) is 7.62. The quantitative estimate of drug-likeness (QED) is 0.686. The molecule has 2 amide bonds. The van der Waals surface area contributed by atoms with Crippen molar-refractivity contribution in [3.63, 3.8) is 0 Å². The van der Waals surface area contributed by atoms with Crippen molar-refractivity contribution in [2.75, 3.05) is 11.9 Å². The van der Waals surface area contributed by atoms with Crippen molar-refractivity contribution in [2.24, 2.45) is 0 Å². The molecule has 4 rings (SSSR count). The summed E-state index contributed by atoms with van der Waals surface area (Å²) in [5.74, 6) is 0.917. The maximum absolute atomic E-state index is 12.7. The van der Waals surface area contributed by atoms with Gasteiger partial charge in [-0.15, -0.1) is 0 Å². The molecule has 27 heavy (non-hydrogen) atoms. The molecule has 1 aromatic heterocycles. The number of halogens is 1. The highest BCUT2D eigenvalue weighted by Gasteiger charge is 2.34. The van der Waals surface area contributed by atoms with E-state index in [4.69, 9.17) is 16.1 Å². The molecule has 0 aliphatic carbocycles. The zero-order valence-corrected chi connectivity index (χ0v) is 15.6. The average molecular weight is 383 g/mol. The number of nitrogens with zero attached hydrogens (tertiary/aromatic N) is 3. The summed E-state index contributed by atoms with van der Waals surface area (Å²) >= 11 is 6.03. The molecule has 0 bridgehead atoms. The van der Waals surface area contributed by atoms with Crippen molar-refractivity contribution < 1.29 is 9.32 Å². The van der Waals surface area contributed by atoms with Gasteiger partial charge in [0, 0.05) is 22.8 Å². The van der Waals surface area contributed by atoms with Crippen LogP contribution in [0.4, 0.5) is 10.5 Å². The van der Waals surface area contributed by atoms with Crippen molar-refractivity contribution >= 4 is 23.3 Å². The normalized spacial score (nSPS) is 16.5. The van der Waals surface area contributed by atoms with Crippen molar-refractivity contribution in [3.8, 4) is 11.4 Å². The molecule has 3 aromatic rings. The molecule has 2 aromatic carbocycles. The number of hydrogen-bond donors (Lipinski definition) is 1. The van der Waals surface area contributed by atoms with E-state index in [0.29, 0.717) is 23.3 Å². The van der Waals surface area contributed by atoms with E-state index in [-0.39, 0.29) is 12.1 Å². The fourth-order valence-electron chi connectivity index (χ4n) is 3.30. The molecule has 1 aliphatic rings. The van der Waals surface area contributed by atoms with Gasteiger partial charge in [-0.3, -0.25) is 0 Å². The minimum Gasteiger partial charge on any atom is -0.337 e. The Balaban J connectivity index is 1.52. The van der Waals surface area contributed by atoms with Gasteiger partial charge in [0.2, 0.25) is 11.7 Å². The van der Waals surface area contributed by atoms with E-state index in [9.17, 15) is 4.79 Å². The zero-order valence-electron chi connectivity index (χ0n) is 14.9. The first-order valence-electron chi connectivity index (χ1n) is 8.84. The van der Waals surface area contributed by atoms with Crippen LogP contribution in [-0.4, -0.2) is 27.6 Å².